The number of fused-ring (bicyclic) bond motifs is 1. The summed E-state index contributed by atoms with van der Waals surface area (Å²) in [7, 11) is 0.137. The van der Waals surface area contributed by atoms with E-state index in [1.54, 1.807) is 25.1 Å². The Bertz CT molecular complexity index is 827. The maximum absolute atomic E-state index is 13.3. The van der Waals surface area contributed by atoms with E-state index in [-0.39, 0.29) is 23.5 Å². The number of nitrogens with zero attached hydrogens (tertiary/aromatic N) is 2. The van der Waals surface area contributed by atoms with E-state index in [0.29, 0.717) is 18.8 Å². The Morgan fingerprint density at radius 1 is 1.39 bits per heavy atom. The van der Waals surface area contributed by atoms with Gasteiger partial charge in [0, 0.05) is 37.0 Å². The van der Waals surface area contributed by atoms with Gasteiger partial charge in [0.25, 0.3) is 0 Å². The van der Waals surface area contributed by atoms with E-state index in [2.05, 4.69) is 18.8 Å². The van der Waals surface area contributed by atoms with Crippen molar-refractivity contribution in [2.45, 2.75) is 50.7 Å². The molecule has 0 radical (unpaired) electrons. The largest absolute Gasteiger partial charge is 0.487 e. The average molecular weight is 409 g/mol. The van der Waals surface area contributed by atoms with Gasteiger partial charge in [0.05, 0.1) is 6.61 Å². The minimum atomic E-state index is -3.79. The summed E-state index contributed by atoms with van der Waals surface area (Å²) in [5.41, 5.74) is 0.737. The van der Waals surface area contributed by atoms with Crippen LogP contribution in [0.15, 0.2) is 23.1 Å². The van der Waals surface area contributed by atoms with Crippen LogP contribution < -0.4 is 4.74 Å². The van der Waals surface area contributed by atoms with Gasteiger partial charge in [0.2, 0.25) is 10.0 Å². The first-order chi connectivity index (χ1) is 13.2. The maximum atomic E-state index is 13.3. The second-order valence-corrected chi connectivity index (χ2v) is 9.57. The van der Waals surface area contributed by atoms with Crippen LogP contribution in [-0.2, 0) is 10.0 Å². The highest BCUT2D eigenvalue weighted by Gasteiger charge is 2.37. The first kappa shape index (κ1) is 22.7. The third-order valence-electron chi connectivity index (χ3n) is 4.82. The fraction of sp³-hybridized carbons (Fsp3) is 0.619. The molecule has 0 saturated heterocycles. The fourth-order valence-corrected chi connectivity index (χ4v) is 5.00. The Balaban J connectivity index is 2.57. The zero-order valence-electron chi connectivity index (χ0n) is 17.5. The number of rotatable bonds is 5. The summed E-state index contributed by atoms with van der Waals surface area (Å²) in [6.07, 6.45) is 1.58. The molecule has 6 nitrogen and oxygen atoms in total. The normalized spacial score (nSPS) is 23.0. The molecule has 0 aromatic heterocycles. The Morgan fingerprint density at radius 3 is 2.71 bits per heavy atom. The lowest BCUT2D eigenvalue weighted by atomic mass is 10.0. The highest BCUT2D eigenvalue weighted by Crippen LogP contribution is 2.34. The van der Waals surface area contributed by atoms with Crippen molar-refractivity contribution < 1.29 is 18.3 Å². The Kier molecular flexibility index (Phi) is 7.90. The molecule has 156 valence electrons. The number of benzene rings is 1. The van der Waals surface area contributed by atoms with Crippen molar-refractivity contribution in [2.24, 2.45) is 5.92 Å². The van der Waals surface area contributed by atoms with E-state index in [0.717, 1.165) is 18.4 Å². The number of hydrogen-bond donors (Lipinski definition) is 1. The molecule has 2 rings (SSSR count). The molecule has 28 heavy (non-hydrogen) atoms. The molecular weight excluding hydrogens is 376 g/mol. The lowest BCUT2D eigenvalue weighted by molar-refractivity contribution is 0.0812. The van der Waals surface area contributed by atoms with Gasteiger partial charge in [-0.15, -0.1) is 0 Å². The number of likely N-dealkylation sites (N-methyl/N-ethyl adjacent to an activating group) is 1. The third-order valence-corrected chi connectivity index (χ3v) is 6.84. The summed E-state index contributed by atoms with van der Waals surface area (Å²) in [6.45, 7) is 6.48. The number of unbranched alkanes of at least 4 members (excludes halogenated alkanes) is 1. The van der Waals surface area contributed by atoms with Gasteiger partial charge < -0.3 is 14.7 Å². The van der Waals surface area contributed by atoms with E-state index in [1.165, 1.54) is 4.31 Å². The molecule has 0 bridgehead atoms. The van der Waals surface area contributed by atoms with Crippen molar-refractivity contribution in [3.63, 3.8) is 0 Å². The van der Waals surface area contributed by atoms with Crippen LogP contribution >= 0.6 is 0 Å². The van der Waals surface area contributed by atoms with E-state index in [1.807, 2.05) is 25.9 Å². The molecule has 1 heterocycles. The van der Waals surface area contributed by atoms with Gasteiger partial charge in [-0.05, 0) is 45.6 Å². The van der Waals surface area contributed by atoms with Crippen LogP contribution in [0.25, 0.3) is 0 Å². The average Bonchev–Trinajstić information content (AvgIpc) is 2.63. The Morgan fingerprint density at radius 2 is 2.11 bits per heavy atom. The van der Waals surface area contributed by atoms with E-state index in [4.69, 9.17) is 4.74 Å². The summed E-state index contributed by atoms with van der Waals surface area (Å²) in [5, 5.41) is 9.63. The molecule has 1 N–H and O–H groups in total. The summed E-state index contributed by atoms with van der Waals surface area (Å²) in [6, 6.07) is 4.50. The van der Waals surface area contributed by atoms with Gasteiger partial charge in [0.15, 0.2) is 0 Å². The highest BCUT2D eigenvalue weighted by molar-refractivity contribution is 7.89. The van der Waals surface area contributed by atoms with Crippen LogP contribution in [0.2, 0.25) is 0 Å². The quantitative estimate of drug-likeness (QED) is 0.756. The second-order valence-electron chi connectivity index (χ2n) is 7.72. The molecule has 0 saturated carbocycles. The van der Waals surface area contributed by atoms with Crippen molar-refractivity contribution >= 4 is 10.0 Å². The zero-order valence-corrected chi connectivity index (χ0v) is 18.3. The van der Waals surface area contributed by atoms with Gasteiger partial charge in [-0.2, -0.15) is 4.31 Å². The van der Waals surface area contributed by atoms with Crippen molar-refractivity contribution in [3.05, 3.63) is 23.8 Å². The molecule has 1 aromatic rings. The monoisotopic (exact) mass is 408 g/mol. The highest BCUT2D eigenvalue weighted by atomic mass is 32.2. The van der Waals surface area contributed by atoms with Crippen LogP contribution in [0, 0.1) is 17.8 Å². The van der Waals surface area contributed by atoms with Gasteiger partial charge >= 0.3 is 0 Å². The van der Waals surface area contributed by atoms with E-state index < -0.39 is 16.1 Å². The minimum Gasteiger partial charge on any atom is -0.487 e. The van der Waals surface area contributed by atoms with Gasteiger partial charge in [-0.25, -0.2) is 8.42 Å². The molecule has 1 aliphatic heterocycles. The van der Waals surface area contributed by atoms with Crippen LogP contribution in [0.5, 0.6) is 5.75 Å². The van der Waals surface area contributed by atoms with E-state index in [9.17, 15) is 13.5 Å². The van der Waals surface area contributed by atoms with Crippen molar-refractivity contribution in [3.8, 4) is 17.6 Å². The first-order valence-electron chi connectivity index (χ1n) is 9.77. The SMILES string of the molecule is CCCC#Cc1ccc2c(c1)O[C@@H](CN(C)C)[C@H](C)CN([C@H](C)CO)S2(=O)=O. The Labute approximate surface area is 169 Å². The van der Waals surface area contributed by atoms with E-state index >= 15 is 0 Å². The van der Waals surface area contributed by atoms with Crippen LogP contribution in [0.1, 0.15) is 39.2 Å². The molecule has 0 spiro atoms. The predicted octanol–water partition coefficient (Wildman–Crippen LogP) is 2.17. The Hall–Kier alpha value is -1.59. The molecule has 3 atom stereocenters. The van der Waals surface area contributed by atoms with Crippen molar-refractivity contribution in [1.29, 1.82) is 0 Å². The molecule has 0 fully saturated rings. The minimum absolute atomic E-state index is 0.0471. The topological polar surface area (TPSA) is 70.1 Å². The molecule has 7 heteroatoms. The lowest BCUT2D eigenvalue weighted by Gasteiger charge is -2.37. The summed E-state index contributed by atoms with van der Waals surface area (Å²) in [4.78, 5) is 2.16. The van der Waals surface area contributed by atoms with Gasteiger partial charge in [0.1, 0.15) is 16.7 Å². The summed E-state index contributed by atoms with van der Waals surface area (Å²) < 4.78 is 34.2. The van der Waals surface area contributed by atoms with Crippen molar-refractivity contribution in [2.75, 3.05) is 33.8 Å². The molecule has 1 aliphatic rings. The third kappa shape index (κ3) is 5.26. The van der Waals surface area contributed by atoms with Crippen LogP contribution in [-0.4, -0.2) is 68.7 Å². The lowest BCUT2D eigenvalue weighted by Crippen LogP contribution is -2.49. The molecule has 1 aromatic carbocycles. The van der Waals surface area contributed by atoms with Crippen LogP contribution in [0.3, 0.4) is 0 Å². The molecule has 0 unspecified atom stereocenters. The number of sulfonamides is 1. The summed E-state index contributed by atoms with van der Waals surface area (Å²) >= 11 is 0. The zero-order chi connectivity index (χ0) is 20.9. The maximum Gasteiger partial charge on any atom is 0.247 e. The van der Waals surface area contributed by atoms with Gasteiger partial charge in [-0.3, -0.25) is 0 Å². The van der Waals surface area contributed by atoms with Gasteiger partial charge in [-0.1, -0.05) is 25.7 Å². The number of aliphatic hydroxyl groups excluding tert-OH is 1. The second kappa shape index (κ2) is 9.75. The van der Waals surface area contributed by atoms with Crippen LogP contribution in [0.4, 0.5) is 0 Å². The first-order valence-corrected chi connectivity index (χ1v) is 11.2. The molecular formula is C21H32N2O4S. The molecule has 0 aliphatic carbocycles. The number of hydrogen-bond acceptors (Lipinski definition) is 5. The smallest absolute Gasteiger partial charge is 0.247 e. The summed E-state index contributed by atoms with van der Waals surface area (Å²) in [5.74, 6) is 6.45. The van der Waals surface area contributed by atoms with Crippen molar-refractivity contribution in [1.82, 2.24) is 9.21 Å². The predicted molar refractivity (Wildman–Crippen MR) is 111 cm³/mol. The molecule has 0 amide bonds. The number of ether oxygens (including phenoxy) is 1. The standard InChI is InChI=1S/C21H32N2O4S/c1-6-7-8-9-18-10-11-21-19(12-18)27-20(14-22(4)5)16(2)13-23(17(3)15-24)28(21,25)26/h10-12,16-17,20,24H,6-7,13-15H2,1-5H3/t16-,17-,20+/m1/s1. The number of aliphatic hydroxyl groups is 1. The fourth-order valence-electron chi connectivity index (χ4n) is 3.17.